The zero-order chi connectivity index (χ0) is 17.5. The van der Waals surface area contributed by atoms with E-state index in [1.165, 1.54) is 23.5 Å². The molecule has 1 aliphatic rings. The van der Waals surface area contributed by atoms with Crippen molar-refractivity contribution in [1.82, 2.24) is 0 Å². The van der Waals surface area contributed by atoms with E-state index in [4.69, 9.17) is 4.74 Å². The minimum absolute atomic E-state index is 0.0941. The van der Waals surface area contributed by atoms with Crippen molar-refractivity contribution in [2.24, 2.45) is 0 Å². The Kier molecular flexibility index (Phi) is 3.96. The van der Waals surface area contributed by atoms with Crippen LogP contribution in [0.5, 0.6) is 5.75 Å². The first kappa shape index (κ1) is 16.3. The molecule has 0 fully saturated rings. The zero-order valence-corrected chi connectivity index (χ0v) is 14.0. The SMILES string of the molecule is COc1ccc(C(=O)[O-])cc1S(=O)(=O)N1c2ccccc2C[C@H]1C. The Morgan fingerprint density at radius 1 is 1.25 bits per heavy atom. The van der Waals surface area contributed by atoms with Crippen LogP contribution in [0.25, 0.3) is 0 Å². The highest BCUT2D eigenvalue weighted by atomic mass is 32.2. The van der Waals surface area contributed by atoms with Crippen molar-refractivity contribution >= 4 is 21.7 Å². The van der Waals surface area contributed by atoms with Gasteiger partial charge in [-0.1, -0.05) is 18.2 Å². The van der Waals surface area contributed by atoms with Crippen LogP contribution < -0.4 is 14.1 Å². The van der Waals surface area contributed by atoms with E-state index >= 15 is 0 Å². The summed E-state index contributed by atoms with van der Waals surface area (Å²) in [6.07, 6.45) is 0.595. The molecular weight excluding hydrogens is 330 g/mol. The van der Waals surface area contributed by atoms with Crippen molar-refractivity contribution in [1.29, 1.82) is 0 Å². The standard InChI is InChI=1S/C17H17NO5S/c1-11-9-12-5-3-4-6-14(12)18(11)24(21,22)16-10-13(17(19)20)7-8-15(16)23-2/h3-8,10-11H,9H2,1-2H3,(H,19,20)/p-1/t11-/m1/s1. The molecule has 0 radical (unpaired) electrons. The lowest BCUT2D eigenvalue weighted by molar-refractivity contribution is -0.255. The number of carboxylic acids is 1. The molecule has 1 heterocycles. The number of hydrogen-bond acceptors (Lipinski definition) is 5. The van der Waals surface area contributed by atoms with Crippen LogP contribution in [0.2, 0.25) is 0 Å². The highest BCUT2D eigenvalue weighted by molar-refractivity contribution is 7.93. The normalized spacial score (nSPS) is 16.8. The molecule has 126 valence electrons. The summed E-state index contributed by atoms with van der Waals surface area (Å²) in [4.78, 5) is 10.9. The van der Waals surface area contributed by atoms with E-state index < -0.39 is 16.0 Å². The van der Waals surface area contributed by atoms with Crippen molar-refractivity contribution in [3.05, 3.63) is 53.6 Å². The number of fused-ring (bicyclic) bond motifs is 1. The Hall–Kier alpha value is -2.54. The Bertz CT molecular complexity index is 907. The third-order valence-corrected chi connectivity index (χ3v) is 6.03. The number of methoxy groups -OCH3 is 1. The van der Waals surface area contributed by atoms with E-state index in [2.05, 4.69) is 0 Å². The number of hydrogen-bond donors (Lipinski definition) is 0. The average molecular weight is 346 g/mol. The molecule has 1 aliphatic heterocycles. The Labute approximate surface area is 140 Å². The van der Waals surface area contributed by atoms with E-state index in [0.717, 1.165) is 11.6 Å². The summed E-state index contributed by atoms with van der Waals surface area (Å²) in [5, 5.41) is 11.1. The highest BCUT2D eigenvalue weighted by Gasteiger charge is 2.37. The van der Waals surface area contributed by atoms with Gasteiger partial charge in [0.1, 0.15) is 10.6 Å². The molecule has 3 rings (SSSR count). The summed E-state index contributed by atoms with van der Waals surface area (Å²) in [6, 6.07) is 10.6. The maximum absolute atomic E-state index is 13.2. The molecule has 2 aromatic rings. The van der Waals surface area contributed by atoms with E-state index in [1.807, 2.05) is 19.1 Å². The summed E-state index contributed by atoms with van der Waals surface area (Å²) in [6.45, 7) is 1.81. The lowest BCUT2D eigenvalue weighted by Crippen LogP contribution is -2.36. The number of ether oxygens (including phenoxy) is 1. The van der Waals surface area contributed by atoms with Gasteiger partial charge < -0.3 is 14.6 Å². The molecule has 6 nitrogen and oxygen atoms in total. The number of carbonyl (C=O) groups is 1. The van der Waals surface area contributed by atoms with Gasteiger partial charge in [0.25, 0.3) is 10.0 Å². The van der Waals surface area contributed by atoms with E-state index in [-0.39, 0.29) is 22.3 Å². The number of para-hydroxylation sites is 1. The van der Waals surface area contributed by atoms with Crippen molar-refractivity contribution < 1.29 is 23.1 Å². The van der Waals surface area contributed by atoms with Crippen LogP contribution in [0.4, 0.5) is 5.69 Å². The average Bonchev–Trinajstić information content (AvgIpc) is 2.90. The largest absolute Gasteiger partial charge is 0.545 e. The van der Waals surface area contributed by atoms with Gasteiger partial charge >= 0.3 is 0 Å². The minimum atomic E-state index is -3.98. The van der Waals surface area contributed by atoms with Crippen molar-refractivity contribution in [3.63, 3.8) is 0 Å². The molecule has 0 saturated carbocycles. The van der Waals surface area contributed by atoms with Gasteiger partial charge in [-0.3, -0.25) is 4.31 Å². The molecule has 0 bridgehead atoms. The lowest BCUT2D eigenvalue weighted by atomic mass is 10.1. The van der Waals surface area contributed by atoms with Crippen molar-refractivity contribution in [2.75, 3.05) is 11.4 Å². The molecule has 0 aliphatic carbocycles. The molecule has 24 heavy (non-hydrogen) atoms. The lowest BCUT2D eigenvalue weighted by Gasteiger charge is -2.25. The summed E-state index contributed by atoms with van der Waals surface area (Å²) in [5.41, 5.74) is 1.32. The third-order valence-electron chi connectivity index (χ3n) is 4.08. The fraction of sp³-hybridized carbons (Fsp3) is 0.235. The quantitative estimate of drug-likeness (QED) is 0.830. The van der Waals surface area contributed by atoms with Crippen LogP contribution in [-0.4, -0.2) is 27.5 Å². The Balaban J connectivity index is 2.18. The smallest absolute Gasteiger partial charge is 0.268 e. The maximum Gasteiger partial charge on any atom is 0.268 e. The molecule has 0 unspecified atom stereocenters. The van der Waals surface area contributed by atoms with Crippen molar-refractivity contribution in [3.8, 4) is 5.75 Å². The van der Waals surface area contributed by atoms with Gasteiger partial charge in [-0.15, -0.1) is 0 Å². The number of aromatic carboxylic acids is 1. The second kappa shape index (κ2) is 5.83. The Morgan fingerprint density at radius 2 is 1.96 bits per heavy atom. The van der Waals surface area contributed by atoms with Gasteiger partial charge in [0.2, 0.25) is 0 Å². The van der Waals surface area contributed by atoms with E-state index in [1.54, 1.807) is 12.1 Å². The summed E-state index contributed by atoms with van der Waals surface area (Å²) in [7, 11) is -2.64. The van der Waals surface area contributed by atoms with E-state index in [0.29, 0.717) is 12.1 Å². The van der Waals surface area contributed by atoms with Crippen LogP contribution >= 0.6 is 0 Å². The monoisotopic (exact) mass is 346 g/mol. The molecule has 0 saturated heterocycles. The molecule has 0 spiro atoms. The molecular formula is C17H16NO5S-. The molecule has 0 N–H and O–H groups in total. The van der Waals surface area contributed by atoms with Crippen LogP contribution in [-0.2, 0) is 16.4 Å². The first-order valence-electron chi connectivity index (χ1n) is 7.38. The molecule has 0 amide bonds. The van der Waals surface area contributed by atoms with Crippen LogP contribution in [0.3, 0.4) is 0 Å². The van der Waals surface area contributed by atoms with Gasteiger partial charge in [0.05, 0.1) is 18.8 Å². The first-order valence-corrected chi connectivity index (χ1v) is 8.82. The van der Waals surface area contributed by atoms with Crippen LogP contribution in [0, 0.1) is 0 Å². The maximum atomic E-state index is 13.2. The number of benzene rings is 2. The van der Waals surface area contributed by atoms with Gasteiger partial charge in [0, 0.05) is 6.04 Å². The Morgan fingerprint density at radius 3 is 2.62 bits per heavy atom. The minimum Gasteiger partial charge on any atom is -0.545 e. The number of sulfonamides is 1. The van der Waals surface area contributed by atoms with Gasteiger partial charge in [-0.2, -0.15) is 0 Å². The number of rotatable bonds is 4. The number of carboxylic acid groups (broad SMARTS) is 1. The first-order chi connectivity index (χ1) is 11.4. The van der Waals surface area contributed by atoms with Gasteiger partial charge in [0.15, 0.2) is 0 Å². The zero-order valence-electron chi connectivity index (χ0n) is 13.2. The fourth-order valence-electron chi connectivity index (χ4n) is 3.01. The third kappa shape index (κ3) is 2.50. The molecule has 0 aromatic heterocycles. The van der Waals surface area contributed by atoms with E-state index in [9.17, 15) is 18.3 Å². The number of nitrogens with zero attached hydrogens (tertiary/aromatic N) is 1. The fourth-order valence-corrected chi connectivity index (χ4v) is 4.89. The summed E-state index contributed by atoms with van der Waals surface area (Å²) < 4.78 is 32.8. The number of anilines is 1. The van der Waals surface area contributed by atoms with Crippen LogP contribution in [0.15, 0.2) is 47.4 Å². The summed E-state index contributed by atoms with van der Waals surface area (Å²) >= 11 is 0. The molecule has 2 aromatic carbocycles. The number of carbonyl (C=O) groups excluding carboxylic acids is 1. The van der Waals surface area contributed by atoms with Crippen LogP contribution in [0.1, 0.15) is 22.8 Å². The topological polar surface area (TPSA) is 86.7 Å². The highest BCUT2D eigenvalue weighted by Crippen LogP contribution is 2.38. The molecule has 7 heteroatoms. The molecule has 1 atom stereocenters. The predicted molar refractivity (Wildman–Crippen MR) is 86.6 cm³/mol. The van der Waals surface area contributed by atoms with Crippen molar-refractivity contribution in [2.45, 2.75) is 24.3 Å². The summed E-state index contributed by atoms with van der Waals surface area (Å²) in [5.74, 6) is -1.35. The van der Waals surface area contributed by atoms with Gasteiger partial charge in [-0.25, -0.2) is 8.42 Å². The second-order valence-corrected chi connectivity index (χ2v) is 7.42. The van der Waals surface area contributed by atoms with Gasteiger partial charge in [-0.05, 0) is 48.7 Å². The predicted octanol–water partition coefficient (Wildman–Crippen LogP) is 1.20. The second-order valence-electron chi connectivity index (χ2n) is 5.64.